The molecule has 0 fully saturated rings. The summed E-state index contributed by atoms with van der Waals surface area (Å²) in [7, 11) is 2.86. The molecule has 5 heteroatoms. The van der Waals surface area contributed by atoms with Crippen molar-refractivity contribution in [3.8, 4) is 23.0 Å². The Bertz CT molecular complexity index is 709. The molecule has 0 aliphatic carbocycles. The molecule has 0 saturated heterocycles. The molecule has 2 aromatic rings. The third-order valence-corrected chi connectivity index (χ3v) is 3.69. The summed E-state index contributed by atoms with van der Waals surface area (Å²) in [5.74, 6) is 0.420. The van der Waals surface area contributed by atoms with Gasteiger partial charge in [-0.1, -0.05) is 30.3 Å². The maximum absolute atomic E-state index is 12.5. The number of aromatic hydroxyl groups is 1. The summed E-state index contributed by atoms with van der Waals surface area (Å²) in [5.41, 5.74) is 1.20. The lowest BCUT2D eigenvalue weighted by atomic mass is 9.95. The van der Waals surface area contributed by atoms with Crippen LogP contribution in [0.5, 0.6) is 23.0 Å². The van der Waals surface area contributed by atoms with Crippen LogP contribution in [-0.4, -0.2) is 25.1 Å². The molecule has 0 radical (unpaired) electrons. The molecule has 5 nitrogen and oxygen atoms in total. The first kappa shape index (κ1) is 14.3. The second-order valence-corrected chi connectivity index (χ2v) is 4.98. The minimum Gasteiger partial charge on any atom is -0.504 e. The number of phenolic OH excluding ortho intramolecular Hbond substituents is 1. The van der Waals surface area contributed by atoms with Gasteiger partial charge in [-0.05, 0) is 5.56 Å². The second-order valence-electron chi connectivity index (χ2n) is 4.98. The Morgan fingerprint density at radius 3 is 2.55 bits per heavy atom. The average molecular weight is 300 g/mol. The Labute approximate surface area is 128 Å². The Kier molecular flexibility index (Phi) is 3.63. The van der Waals surface area contributed by atoms with Crippen LogP contribution in [0.1, 0.15) is 28.4 Å². The van der Waals surface area contributed by atoms with Crippen molar-refractivity contribution in [3.63, 3.8) is 0 Å². The molecule has 2 aromatic carbocycles. The van der Waals surface area contributed by atoms with Gasteiger partial charge in [0, 0.05) is 6.07 Å². The summed E-state index contributed by atoms with van der Waals surface area (Å²) >= 11 is 0. The van der Waals surface area contributed by atoms with E-state index in [9.17, 15) is 9.90 Å². The summed E-state index contributed by atoms with van der Waals surface area (Å²) in [6, 6.07) is 10.8. The van der Waals surface area contributed by atoms with Gasteiger partial charge in [-0.3, -0.25) is 4.79 Å². The van der Waals surface area contributed by atoms with E-state index in [1.54, 1.807) is 0 Å². The van der Waals surface area contributed by atoms with E-state index in [4.69, 9.17) is 14.2 Å². The Morgan fingerprint density at radius 2 is 1.91 bits per heavy atom. The smallest absolute Gasteiger partial charge is 0.204 e. The van der Waals surface area contributed by atoms with Crippen LogP contribution in [0, 0.1) is 0 Å². The standard InChI is InChI=1S/C17H16O5/c1-20-14-9-12(19)16(21-2)17-15(14)11(18)8-13(22-17)10-6-4-3-5-7-10/h3-7,9,13,19H,8H2,1-2H3/t13-/m0/s1. The molecule has 114 valence electrons. The number of benzene rings is 2. The zero-order chi connectivity index (χ0) is 15.7. The van der Waals surface area contributed by atoms with Crippen LogP contribution in [0.15, 0.2) is 36.4 Å². The molecule has 1 aliphatic rings. The molecule has 1 N–H and O–H groups in total. The number of rotatable bonds is 3. The van der Waals surface area contributed by atoms with Gasteiger partial charge in [0.25, 0.3) is 0 Å². The van der Waals surface area contributed by atoms with E-state index in [2.05, 4.69) is 0 Å². The zero-order valence-electron chi connectivity index (χ0n) is 12.3. The number of hydrogen-bond donors (Lipinski definition) is 1. The van der Waals surface area contributed by atoms with Crippen molar-refractivity contribution in [2.75, 3.05) is 14.2 Å². The van der Waals surface area contributed by atoms with Gasteiger partial charge in [-0.25, -0.2) is 0 Å². The lowest BCUT2D eigenvalue weighted by Gasteiger charge is -2.28. The molecule has 1 aliphatic heterocycles. The highest BCUT2D eigenvalue weighted by Gasteiger charge is 2.34. The molecule has 0 spiro atoms. The minimum absolute atomic E-state index is 0.106. The number of hydrogen-bond acceptors (Lipinski definition) is 5. The molecular formula is C17H16O5. The maximum atomic E-state index is 12.5. The van der Waals surface area contributed by atoms with Crippen LogP contribution in [0.4, 0.5) is 0 Å². The molecule has 0 bridgehead atoms. The van der Waals surface area contributed by atoms with Crippen LogP contribution < -0.4 is 14.2 Å². The number of ketones is 1. The monoisotopic (exact) mass is 300 g/mol. The largest absolute Gasteiger partial charge is 0.504 e. The van der Waals surface area contributed by atoms with E-state index in [1.165, 1.54) is 20.3 Å². The summed E-state index contributed by atoms with van der Waals surface area (Å²) in [5, 5.41) is 10.0. The van der Waals surface area contributed by atoms with Crippen molar-refractivity contribution < 1.29 is 24.1 Å². The summed E-state index contributed by atoms with van der Waals surface area (Å²) in [6.07, 6.45) is -0.206. The lowest BCUT2D eigenvalue weighted by molar-refractivity contribution is 0.0836. The number of Topliss-reactive ketones (excluding diaryl/α,β-unsaturated/α-hetero) is 1. The van der Waals surface area contributed by atoms with Crippen molar-refractivity contribution in [2.24, 2.45) is 0 Å². The quantitative estimate of drug-likeness (QED) is 0.943. The molecule has 22 heavy (non-hydrogen) atoms. The topological polar surface area (TPSA) is 65.0 Å². The SMILES string of the molecule is COc1cc(O)c(OC)c2c1C(=O)C[C@@H](c1ccccc1)O2. The van der Waals surface area contributed by atoms with E-state index < -0.39 is 6.10 Å². The first-order chi connectivity index (χ1) is 10.7. The van der Waals surface area contributed by atoms with Crippen LogP contribution in [0.2, 0.25) is 0 Å². The zero-order valence-corrected chi connectivity index (χ0v) is 12.3. The number of ether oxygens (including phenoxy) is 3. The van der Waals surface area contributed by atoms with Crippen molar-refractivity contribution >= 4 is 5.78 Å². The Morgan fingerprint density at radius 1 is 1.18 bits per heavy atom. The molecule has 3 rings (SSSR count). The van der Waals surface area contributed by atoms with Gasteiger partial charge in [0.05, 0.1) is 20.6 Å². The minimum atomic E-state index is -0.415. The van der Waals surface area contributed by atoms with Crippen molar-refractivity contribution in [3.05, 3.63) is 47.5 Å². The highest BCUT2D eigenvalue weighted by molar-refractivity contribution is 6.04. The van der Waals surface area contributed by atoms with Crippen LogP contribution in [-0.2, 0) is 0 Å². The van der Waals surface area contributed by atoms with E-state index in [0.29, 0.717) is 5.56 Å². The lowest BCUT2D eigenvalue weighted by Crippen LogP contribution is -2.21. The van der Waals surface area contributed by atoms with E-state index in [-0.39, 0.29) is 35.2 Å². The number of carbonyl (C=O) groups excluding carboxylic acids is 1. The number of carbonyl (C=O) groups is 1. The summed E-state index contributed by atoms with van der Waals surface area (Å²) in [4.78, 5) is 12.5. The van der Waals surface area contributed by atoms with Crippen LogP contribution in [0.3, 0.4) is 0 Å². The van der Waals surface area contributed by atoms with Crippen molar-refractivity contribution in [1.82, 2.24) is 0 Å². The fraction of sp³-hybridized carbons (Fsp3) is 0.235. The number of fused-ring (bicyclic) bond motifs is 1. The third-order valence-electron chi connectivity index (χ3n) is 3.69. The molecule has 0 unspecified atom stereocenters. The molecular weight excluding hydrogens is 284 g/mol. The predicted molar refractivity (Wildman–Crippen MR) is 80.0 cm³/mol. The fourth-order valence-electron chi connectivity index (χ4n) is 2.65. The molecule has 1 heterocycles. The molecule has 0 aromatic heterocycles. The van der Waals surface area contributed by atoms with Gasteiger partial charge >= 0.3 is 0 Å². The number of methoxy groups -OCH3 is 2. The predicted octanol–water partition coefficient (Wildman–Crippen LogP) is 3.12. The Balaban J connectivity index is 2.12. The van der Waals surface area contributed by atoms with Gasteiger partial charge < -0.3 is 19.3 Å². The van der Waals surface area contributed by atoms with Crippen LogP contribution >= 0.6 is 0 Å². The van der Waals surface area contributed by atoms with Crippen molar-refractivity contribution in [1.29, 1.82) is 0 Å². The van der Waals surface area contributed by atoms with E-state index in [0.717, 1.165) is 5.56 Å². The van der Waals surface area contributed by atoms with Crippen molar-refractivity contribution in [2.45, 2.75) is 12.5 Å². The van der Waals surface area contributed by atoms with Gasteiger partial charge in [0.1, 0.15) is 17.4 Å². The fourth-order valence-corrected chi connectivity index (χ4v) is 2.65. The summed E-state index contributed by atoms with van der Waals surface area (Å²) < 4.78 is 16.3. The van der Waals surface area contributed by atoms with Gasteiger partial charge in [0.2, 0.25) is 5.75 Å². The Hall–Kier alpha value is -2.69. The number of phenols is 1. The molecule has 0 saturated carbocycles. The van der Waals surface area contributed by atoms with E-state index >= 15 is 0 Å². The maximum Gasteiger partial charge on any atom is 0.204 e. The first-order valence-corrected chi connectivity index (χ1v) is 6.88. The van der Waals surface area contributed by atoms with Gasteiger partial charge in [-0.2, -0.15) is 0 Å². The first-order valence-electron chi connectivity index (χ1n) is 6.88. The average Bonchev–Trinajstić information content (AvgIpc) is 2.54. The van der Waals surface area contributed by atoms with E-state index in [1.807, 2.05) is 30.3 Å². The highest BCUT2D eigenvalue weighted by Crippen LogP contribution is 2.49. The normalized spacial score (nSPS) is 16.6. The summed E-state index contributed by atoms with van der Waals surface area (Å²) in [6.45, 7) is 0. The molecule has 0 amide bonds. The highest BCUT2D eigenvalue weighted by atomic mass is 16.5. The van der Waals surface area contributed by atoms with Crippen LogP contribution in [0.25, 0.3) is 0 Å². The third kappa shape index (κ3) is 2.24. The van der Waals surface area contributed by atoms with Gasteiger partial charge in [-0.15, -0.1) is 0 Å². The second kappa shape index (κ2) is 5.60. The van der Waals surface area contributed by atoms with Gasteiger partial charge in [0.15, 0.2) is 17.3 Å². The molecule has 1 atom stereocenters.